The van der Waals surface area contributed by atoms with Crippen LogP contribution in [0.3, 0.4) is 0 Å². The van der Waals surface area contributed by atoms with Gasteiger partial charge >= 0.3 is 0 Å². The van der Waals surface area contributed by atoms with Crippen molar-refractivity contribution < 1.29 is 4.92 Å². The molecule has 2 rings (SSSR count). The zero-order valence-electron chi connectivity index (χ0n) is 9.69. The van der Waals surface area contributed by atoms with Gasteiger partial charge in [0, 0.05) is 16.8 Å². The molecule has 92 valence electrons. The molecule has 0 saturated carbocycles. The number of rotatable bonds is 5. The number of benzene rings is 1. The number of hydrogen-bond acceptors (Lipinski definition) is 4. The lowest BCUT2D eigenvalue weighted by molar-refractivity contribution is -0.482. The van der Waals surface area contributed by atoms with Crippen LogP contribution in [0.4, 0.5) is 5.69 Å². The largest absolute Gasteiger partial charge is 0.371 e. The molecule has 18 heavy (non-hydrogen) atoms. The van der Waals surface area contributed by atoms with E-state index < -0.39 is 6.04 Å². The maximum absolute atomic E-state index is 10.7. The Morgan fingerprint density at radius 1 is 1.17 bits per heavy atom. The number of nitrogens with one attached hydrogen (secondary N) is 1. The van der Waals surface area contributed by atoms with E-state index in [0.717, 1.165) is 5.69 Å². The van der Waals surface area contributed by atoms with Crippen molar-refractivity contribution in [3.05, 3.63) is 70.5 Å². The van der Waals surface area contributed by atoms with Gasteiger partial charge in [-0.2, -0.15) is 0 Å². The Morgan fingerprint density at radius 3 is 2.50 bits per heavy atom. The minimum absolute atomic E-state index is 0.202. The molecule has 1 aromatic carbocycles. The van der Waals surface area contributed by atoms with Crippen molar-refractivity contribution in [2.24, 2.45) is 0 Å². The van der Waals surface area contributed by atoms with E-state index in [0.29, 0.717) is 5.69 Å². The van der Waals surface area contributed by atoms with Gasteiger partial charge in [0.1, 0.15) is 6.04 Å². The lowest BCUT2D eigenvalue weighted by Crippen LogP contribution is -2.21. The molecule has 0 aliphatic heterocycles. The van der Waals surface area contributed by atoms with E-state index in [-0.39, 0.29) is 11.5 Å². The highest BCUT2D eigenvalue weighted by Crippen LogP contribution is 2.17. The van der Waals surface area contributed by atoms with Crippen LogP contribution in [-0.4, -0.2) is 16.5 Å². The summed E-state index contributed by atoms with van der Waals surface area (Å²) in [5.41, 5.74) is 1.51. The van der Waals surface area contributed by atoms with Crippen molar-refractivity contribution in [2.75, 3.05) is 11.9 Å². The number of anilines is 1. The Hall–Kier alpha value is -2.43. The van der Waals surface area contributed by atoms with Gasteiger partial charge in [0.25, 0.3) is 0 Å². The van der Waals surface area contributed by atoms with Gasteiger partial charge in [0.05, 0.1) is 5.69 Å². The quantitative estimate of drug-likeness (QED) is 0.647. The highest BCUT2D eigenvalue weighted by molar-refractivity contribution is 5.44. The summed E-state index contributed by atoms with van der Waals surface area (Å²) in [5, 5.41) is 13.8. The predicted molar refractivity (Wildman–Crippen MR) is 68.9 cm³/mol. The van der Waals surface area contributed by atoms with Crippen molar-refractivity contribution in [2.45, 2.75) is 6.04 Å². The first kappa shape index (κ1) is 12.0. The summed E-state index contributed by atoms with van der Waals surface area (Å²) in [6, 6.07) is 14.4. The third-order valence-electron chi connectivity index (χ3n) is 2.49. The molecule has 1 heterocycles. The molecule has 0 amide bonds. The number of aromatic nitrogens is 1. The second-order valence-corrected chi connectivity index (χ2v) is 3.83. The zero-order valence-corrected chi connectivity index (χ0v) is 9.69. The van der Waals surface area contributed by atoms with Crippen molar-refractivity contribution >= 4 is 5.69 Å². The van der Waals surface area contributed by atoms with Crippen LogP contribution in [0.5, 0.6) is 0 Å². The standard InChI is InChI=1S/C13H13N3O2/c17-16(18)10-13(12-8-4-5-9-14-12)15-11-6-2-1-3-7-11/h1-9,13,15H,10H2. The number of nitrogens with zero attached hydrogens (tertiary/aromatic N) is 2. The molecule has 0 radical (unpaired) electrons. The molecule has 0 aliphatic carbocycles. The van der Waals surface area contributed by atoms with Gasteiger partial charge in [0.15, 0.2) is 0 Å². The summed E-state index contributed by atoms with van der Waals surface area (Å²) in [4.78, 5) is 14.5. The van der Waals surface area contributed by atoms with Crippen LogP contribution in [0.1, 0.15) is 11.7 Å². The van der Waals surface area contributed by atoms with Crippen LogP contribution in [0.25, 0.3) is 0 Å². The van der Waals surface area contributed by atoms with E-state index in [1.165, 1.54) is 0 Å². The zero-order chi connectivity index (χ0) is 12.8. The molecule has 0 saturated heterocycles. The molecular weight excluding hydrogens is 230 g/mol. The molecule has 0 fully saturated rings. The second kappa shape index (κ2) is 5.77. The molecule has 0 aliphatic rings. The molecule has 1 N–H and O–H groups in total. The maximum Gasteiger partial charge on any atom is 0.229 e. The summed E-state index contributed by atoms with van der Waals surface area (Å²) in [6.07, 6.45) is 1.63. The molecular formula is C13H13N3O2. The Labute approximate surface area is 105 Å². The molecule has 5 heteroatoms. The van der Waals surface area contributed by atoms with Crippen LogP contribution in [0.2, 0.25) is 0 Å². The van der Waals surface area contributed by atoms with E-state index in [4.69, 9.17) is 0 Å². The van der Waals surface area contributed by atoms with E-state index in [1.807, 2.05) is 36.4 Å². The highest BCUT2D eigenvalue weighted by atomic mass is 16.6. The molecule has 2 aromatic rings. The minimum atomic E-state index is -0.427. The average molecular weight is 243 g/mol. The third-order valence-corrected chi connectivity index (χ3v) is 2.49. The molecule has 1 atom stereocenters. The lowest BCUT2D eigenvalue weighted by atomic mass is 10.1. The second-order valence-electron chi connectivity index (χ2n) is 3.83. The van der Waals surface area contributed by atoms with Crippen molar-refractivity contribution in [1.29, 1.82) is 0 Å². The monoisotopic (exact) mass is 243 g/mol. The maximum atomic E-state index is 10.7. The fourth-order valence-corrected chi connectivity index (χ4v) is 1.68. The van der Waals surface area contributed by atoms with Gasteiger partial charge in [0.2, 0.25) is 6.54 Å². The summed E-state index contributed by atoms with van der Waals surface area (Å²) in [7, 11) is 0. The molecule has 0 spiro atoms. The topological polar surface area (TPSA) is 68.1 Å². The lowest BCUT2D eigenvalue weighted by Gasteiger charge is -2.15. The van der Waals surface area contributed by atoms with Gasteiger partial charge in [-0.1, -0.05) is 24.3 Å². The fraction of sp³-hybridized carbons (Fsp3) is 0.154. The van der Waals surface area contributed by atoms with Crippen molar-refractivity contribution in [3.8, 4) is 0 Å². The Kier molecular flexibility index (Phi) is 3.86. The molecule has 5 nitrogen and oxygen atoms in total. The Bertz CT molecular complexity index is 502. The summed E-state index contributed by atoms with van der Waals surface area (Å²) in [6.45, 7) is -0.202. The predicted octanol–water partition coefficient (Wildman–Crippen LogP) is 2.51. The fourth-order valence-electron chi connectivity index (χ4n) is 1.68. The van der Waals surface area contributed by atoms with Crippen LogP contribution >= 0.6 is 0 Å². The number of hydrogen-bond donors (Lipinski definition) is 1. The summed E-state index contributed by atoms with van der Waals surface area (Å²) < 4.78 is 0. The Balaban J connectivity index is 2.18. The van der Waals surface area contributed by atoms with Crippen molar-refractivity contribution in [1.82, 2.24) is 4.98 Å². The van der Waals surface area contributed by atoms with Crippen LogP contribution in [0, 0.1) is 10.1 Å². The molecule has 1 aromatic heterocycles. The van der Waals surface area contributed by atoms with Gasteiger partial charge in [-0.15, -0.1) is 0 Å². The van der Waals surface area contributed by atoms with E-state index in [2.05, 4.69) is 10.3 Å². The van der Waals surface area contributed by atoms with E-state index in [9.17, 15) is 10.1 Å². The molecule has 1 unspecified atom stereocenters. The summed E-state index contributed by atoms with van der Waals surface area (Å²) >= 11 is 0. The van der Waals surface area contributed by atoms with E-state index >= 15 is 0 Å². The highest BCUT2D eigenvalue weighted by Gasteiger charge is 2.18. The number of pyridine rings is 1. The smallest absolute Gasteiger partial charge is 0.229 e. The first-order valence-electron chi connectivity index (χ1n) is 5.60. The number of para-hydroxylation sites is 1. The van der Waals surface area contributed by atoms with Gasteiger partial charge in [-0.05, 0) is 24.3 Å². The van der Waals surface area contributed by atoms with Gasteiger partial charge in [-0.25, -0.2) is 0 Å². The van der Waals surface area contributed by atoms with Crippen LogP contribution in [0.15, 0.2) is 54.7 Å². The van der Waals surface area contributed by atoms with Gasteiger partial charge in [-0.3, -0.25) is 15.1 Å². The SMILES string of the molecule is O=[N+]([O-])CC(Nc1ccccc1)c1ccccn1. The first-order valence-corrected chi connectivity index (χ1v) is 5.60. The van der Waals surface area contributed by atoms with E-state index in [1.54, 1.807) is 18.3 Å². The van der Waals surface area contributed by atoms with Crippen molar-refractivity contribution in [3.63, 3.8) is 0 Å². The van der Waals surface area contributed by atoms with Gasteiger partial charge < -0.3 is 5.32 Å². The minimum Gasteiger partial charge on any atom is -0.371 e. The van der Waals surface area contributed by atoms with Crippen LogP contribution < -0.4 is 5.32 Å². The normalized spacial score (nSPS) is 11.8. The first-order chi connectivity index (χ1) is 8.75. The summed E-state index contributed by atoms with van der Waals surface area (Å²) in [5.74, 6) is 0. The average Bonchev–Trinajstić information content (AvgIpc) is 2.40. The molecule has 0 bridgehead atoms. The number of nitro groups is 1. The Morgan fingerprint density at radius 2 is 1.89 bits per heavy atom. The van der Waals surface area contributed by atoms with Crippen LogP contribution in [-0.2, 0) is 0 Å². The third kappa shape index (κ3) is 3.28.